The standard InChI is InChI=1S/C18H35N3O.2ClH/c19-13-7-2-1-6-10-18(22)20-16-11-14-21(15-12-16)17-8-4-3-5-9-17;;/h16-17H,1-15,19H2,(H,20,22);2*1H. The van der Waals surface area contributed by atoms with Gasteiger partial charge in [-0.1, -0.05) is 32.1 Å². The Bertz CT molecular complexity index is 317. The third-order valence-electron chi connectivity index (χ3n) is 5.34. The van der Waals surface area contributed by atoms with Crippen LogP contribution in [0.15, 0.2) is 0 Å². The summed E-state index contributed by atoms with van der Waals surface area (Å²) in [5.41, 5.74) is 5.48. The fraction of sp³-hybridized carbons (Fsp3) is 0.944. The predicted octanol–water partition coefficient (Wildman–Crippen LogP) is 3.65. The third-order valence-corrected chi connectivity index (χ3v) is 5.34. The summed E-state index contributed by atoms with van der Waals surface area (Å²) in [7, 11) is 0. The van der Waals surface area contributed by atoms with Crippen molar-refractivity contribution < 1.29 is 4.79 Å². The van der Waals surface area contributed by atoms with E-state index in [9.17, 15) is 4.79 Å². The van der Waals surface area contributed by atoms with Crippen molar-refractivity contribution in [3.05, 3.63) is 0 Å². The number of nitrogens with one attached hydrogen (secondary N) is 1. The first kappa shape index (κ1) is 24.0. The second-order valence-corrected chi connectivity index (χ2v) is 7.12. The second kappa shape index (κ2) is 14.2. The molecule has 1 aliphatic heterocycles. The Hall–Kier alpha value is -0.0300. The van der Waals surface area contributed by atoms with Gasteiger partial charge >= 0.3 is 0 Å². The number of hydrogen-bond acceptors (Lipinski definition) is 3. The van der Waals surface area contributed by atoms with Crippen molar-refractivity contribution in [1.29, 1.82) is 0 Å². The number of piperidine rings is 1. The Balaban J connectivity index is 0.00000264. The number of hydrogen-bond donors (Lipinski definition) is 2. The minimum atomic E-state index is 0. The van der Waals surface area contributed by atoms with Crippen molar-refractivity contribution in [2.24, 2.45) is 5.73 Å². The van der Waals surface area contributed by atoms with Crippen molar-refractivity contribution in [2.75, 3.05) is 19.6 Å². The quantitative estimate of drug-likeness (QED) is 0.630. The van der Waals surface area contributed by atoms with Gasteiger partial charge in [-0.2, -0.15) is 0 Å². The molecule has 0 atom stereocenters. The van der Waals surface area contributed by atoms with Crippen LogP contribution in [0, 0.1) is 0 Å². The fourth-order valence-corrected chi connectivity index (χ4v) is 3.94. The first-order chi connectivity index (χ1) is 10.8. The Morgan fingerprint density at radius 1 is 0.917 bits per heavy atom. The molecule has 2 rings (SSSR count). The molecule has 3 N–H and O–H groups in total. The zero-order valence-corrected chi connectivity index (χ0v) is 16.6. The van der Waals surface area contributed by atoms with E-state index in [1.807, 2.05) is 0 Å². The van der Waals surface area contributed by atoms with Crippen molar-refractivity contribution in [1.82, 2.24) is 10.2 Å². The summed E-state index contributed by atoms with van der Waals surface area (Å²) in [5, 5.41) is 3.24. The van der Waals surface area contributed by atoms with Crippen LogP contribution in [0.4, 0.5) is 0 Å². The summed E-state index contributed by atoms with van der Waals surface area (Å²) in [5.74, 6) is 0.254. The molecule has 1 saturated carbocycles. The number of halogens is 2. The highest BCUT2D eigenvalue weighted by Gasteiger charge is 2.26. The highest BCUT2D eigenvalue weighted by atomic mass is 35.5. The molecule has 1 amide bonds. The lowest BCUT2D eigenvalue weighted by atomic mass is 9.92. The average molecular weight is 382 g/mol. The van der Waals surface area contributed by atoms with Gasteiger partial charge in [0.25, 0.3) is 0 Å². The van der Waals surface area contributed by atoms with Gasteiger partial charge in [-0.25, -0.2) is 0 Å². The van der Waals surface area contributed by atoms with E-state index in [-0.39, 0.29) is 30.7 Å². The Morgan fingerprint density at radius 2 is 1.54 bits per heavy atom. The number of nitrogens with two attached hydrogens (primary N) is 1. The van der Waals surface area contributed by atoms with Gasteiger partial charge in [0.15, 0.2) is 0 Å². The lowest BCUT2D eigenvalue weighted by Gasteiger charge is -2.39. The molecule has 24 heavy (non-hydrogen) atoms. The van der Waals surface area contributed by atoms with Gasteiger partial charge in [-0.05, 0) is 45.1 Å². The van der Waals surface area contributed by atoms with Gasteiger partial charge in [-0.15, -0.1) is 24.8 Å². The zero-order chi connectivity index (χ0) is 15.6. The van der Waals surface area contributed by atoms with Crippen LogP contribution in [0.5, 0.6) is 0 Å². The van der Waals surface area contributed by atoms with E-state index in [0.717, 1.165) is 51.1 Å². The minimum Gasteiger partial charge on any atom is -0.353 e. The Morgan fingerprint density at radius 3 is 2.17 bits per heavy atom. The van der Waals surface area contributed by atoms with Gasteiger partial charge in [0.2, 0.25) is 5.91 Å². The van der Waals surface area contributed by atoms with E-state index < -0.39 is 0 Å². The monoisotopic (exact) mass is 381 g/mol. The molecule has 1 saturated heterocycles. The van der Waals surface area contributed by atoms with Crippen molar-refractivity contribution in [2.45, 2.75) is 89.1 Å². The minimum absolute atomic E-state index is 0. The molecule has 0 unspecified atom stereocenters. The van der Waals surface area contributed by atoms with Crippen LogP contribution < -0.4 is 11.1 Å². The van der Waals surface area contributed by atoms with Crippen molar-refractivity contribution >= 4 is 30.7 Å². The summed E-state index contributed by atoms with van der Waals surface area (Å²) in [6, 6.07) is 1.24. The van der Waals surface area contributed by atoms with Gasteiger partial charge in [0, 0.05) is 31.6 Å². The fourth-order valence-electron chi connectivity index (χ4n) is 3.94. The molecule has 1 heterocycles. The number of rotatable bonds is 8. The van der Waals surface area contributed by atoms with Gasteiger partial charge in [0.1, 0.15) is 0 Å². The zero-order valence-electron chi connectivity index (χ0n) is 15.0. The number of carbonyl (C=O) groups is 1. The largest absolute Gasteiger partial charge is 0.353 e. The van der Waals surface area contributed by atoms with Crippen LogP contribution in [0.1, 0.15) is 77.0 Å². The Kier molecular flexibility index (Phi) is 14.2. The van der Waals surface area contributed by atoms with Crippen LogP contribution in [-0.2, 0) is 4.79 Å². The van der Waals surface area contributed by atoms with Crippen LogP contribution in [0.3, 0.4) is 0 Å². The van der Waals surface area contributed by atoms with E-state index >= 15 is 0 Å². The van der Waals surface area contributed by atoms with E-state index in [4.69, 9.17) is 5.73 Å². The predicted molar refractivity (Wildman–Crippen MR) is 106 cm³/mol. The lowest BCUT2D eigenvalue weighted by Crippen LogP contribution is -2.48. The topological polar surface area (TPSA) is 58.4 Å². The van der Waals surface area contributed by atoms with E-state index in [0.29, 0.717) is 12.5 Å². The van der Waals surface area contributed by atoms with E-state index in [2.05, 4.69) is 10.2 Å². The maximum Gasteiger partial charge on any atom is 0.220 e. The summed E-state index contributed by atoms with van der Waals surface area (Å²) < 4.78 is 0. The van der Waals surface area contributed by atoms with Crippen LogP contribution in [0.2, 0.25) is 0 Å². The maximum absolute atomic E-state index is 12.0. The SMILES string of the molecule is Cl.Cl.NCCCCCCC(=O)NC1CCN(C2CCCCC2)CC1. The number of carbonyl (C=O) groups excluding carboxylic acids is 1. The average Bonchev–Trinajstić information content (AvgIpc) is 2.56. The molecule has 0 radical (unpaired) electrons. The van der Waals surface area contributed by atoms with Crippen molar-refractivity contribution in [3.63, 3.8) is 0 Å². The highest BCUT2D eigenvalue weighted by Crippen LogP contribution is 2.25. The molecule has 4 nitrogen and oxygen atoms in total. The smallest absolute Gasteiger partial charge is 0.220 e. The molecular formula is C18H37Cl2N3O. The molecule has 0 aromatic rings. The number of nitrogens with zero attached hydrogens (tertiary/aromatic N) is 1. The summed E-state index contributed by atoms with van der Waals surface area (Å²) in [4.78, 5) is 14.7. The summed E-state index contributed by atoms with van der Waals surface area (Å²) >= 11 is 0. The first-order valence-electron chi connectivity index (χ1n) is 9.53. The van der Waals surface area contributed by atoms with Crippen LogP contribution in [0.25, 0.3) is 0 Å². The van der Waals surface area contributed by atoms with Gasteiger partial charge < -0.3 is 16.0 Å². The van der Waals surface area contributed by atoms with Crippen LogP contribution in [-0.4, -0.2) is 42.5 Å². The molecule has 2 aliphatic rings. The van der Waals surface area contributed by atoms with E-state index in [1.165, 1.54) is 45.2 Å². The van der Waals surface area contributed by atoms with Crippen LogP contribution >= 0.6 is 24.8 Å². The highest BCUT2D eigenvalue weighted by molar-refractivity contribution is 5.85. The van der Waals surface area contributed by atoms with Gasteiger partial charge in [0.05, 0.1) is 0 Å². The molecule has 0 bridgehead atoms. The molecule has 144 valence electrons. The van der Waals surface area contributed by atoms with E-state index in [1.54, 1.807) is 0 Å². The molecule has 6 heteroatoms. The van der Waals surface area contributed by atoms with Gasteiger partial charge in [-0.3, -0.25) is 4.79 Å². The molecule has 0 spiro atoms. The molecule has 0 aromatic carbocycles. The second-order valence-electron chi connectivity index (χ2n) is 7.12. The molecule has 2 fully saturated rings. The number of amides is 1. The molecule has 0 aromatic heterocycles. The Labute approximate surface area is 160 Å². The summed E-state index contributed by atoms with van der Waals surface area (Å²) in [6.07, 6.45) is 14.4. The normalized spacial score (nSPS) is 20.0. The summed E-state index contributed by atoms with van der Waals surface area (Å²) in [6.45, 7) is 3.12. The van der Waals surface area contributed by atoms with Crippen molar-refractivity contribution in [3.8, 4) is 0 Å². The molecular weight excluding hydrogens is 345 g/mol. The maximum atomic E-state index is 12.0. The number of unbranched alkanes of at least 4 members (excludes halogenated alkanes) is 3. The lowest BCUT2D eigenvalue weighted by molar-refractivity contribution is -0.122. The first-order valence-corrected chi connectivity index (χ1v) is 9.53. The molecule has 1 aliphatic carbocycles. The number of likely N-dealkylation sites (tertiary alicyclic amines) is 1. The third kappa shape index (κ3) is 8.89.